The fourth-order valence-corrected chi connectivity index (χ4v) is 3.24. The number of aromatic nitrogens is 1. The molecule has 20 heavy (non-hydrogen) atoms. The third-order valence-corrected chi connectivity index (χ3v) is 4.22. The van der Waals surface area contributed by atoms with Crippen LogP contribution in [0.2, 0.25) is 0 Å². The lowest BCUT2D eigenvalue weighted by Crippen LogP contribution is -2.30. The Labute approximate surface area is 123 Å². The first-order valence-corrected chi connectivity index (χ1v) is 8.13. The van der Waals surface area contributed by atoms with Crippen molar-refractivity contribution in [1.29, 1.82) is 0 Å². The van der Waals surface area contributed by atoms with Gasteiger partial charge in [-0.05, 0) is 62.7 Å². The number of nitrogens with one attached hydrogen (secondary N) is 1. The Morgan fingerprint density at radius 1 is 1.25 bits per heavy atom. The lowest BCUT2D eigenvalue weighted by atomic mass is 9.76. The van der Waals surface area contributed by atoms with Crippen molar-refractivity contribution in [2.24, 2.45) is 5.92 Å². The van der Waals surface area contributed by atoms with Crippen molar-refractivity contribution in [3.05, 3.63) is 24.0 Å². The zero-order valence-corrected chi connectivity index (χ0v) is 12.9. The molecule has 2 rings (SSSR count). The van der Waals surface area contributed by atoms with Gasteiger partial charge in [-0.25, -0.2) is 0 Å². The standard InChI is InChI=1S/C17H28N2O/c1-3-9-18-11-14-7-5-6-8-17(14)15-10-16(20-4-2)13-19-12-15/h10,12-14,17-18H,3-9,11H2,1-2H3. The number of nitrogens with zero attached hydrogens (tertiary/aromatic N) is 1. The molecule has 112 valence electrons. The molecule has 1 fully saturated rings. The lowest BCUT2D eigenvalue weighted by molar-refractivity contribution is 0.293. The van der Waals surface area contributed by atoms with E-state index < -0.39 is 0 Å². The largest absolute Gasteiger partial charge is 0.492 e. The molecule has 1 aliphatic rings. The van der Waals surface area contributed by atoms with E-state index >= 15 is 0 Å². The van der Waals surface area contributed by atoms with E-state index in [-0.39, 0.29) is 0 Å². The van der Waals surface area contributed by atoms with Crippen LogP contribution in [-0.2, 0) is 0 Å². The zero-order chi connectivity index (χ0) is 14.2. The highest BCUT2D eigenvalue weighted by Gasteiger charge is 2.26. The summed E-state index contributed by atoms with van der Waals surface area (Å²) in [7, 11) is 0. The van der Waals surface area contributed by atoms with Gasteiger partial charge in [0.05, 0.1) is 12.8 Å². The summed E-state index contributed by atoms with van der Waals surface area (Å²) in [5, 5.41) is 3.59. The quantitative estimate of drug-likeness (QED) is 0.770. The van der Waals surface area contributed by atoms with E-state index in [0.717, 1.165) is 24.8 Å². The summed E-state index contributed by atoms with van der Waals surface area (Å²) in [5.74, 6) is 2.30. The molecule has 3 nitrogen and oxygen atoms in total. The molecule has 3 heteroatoms. The molecule has 2 unspecified atom stereocenters. The summed E-state index contributed by atoms with van der Waals surface area (Å²) in [6.07, 6.45) is 10.4. The van der Waals surface area contributed by atoms with Crippen LogP contribution in [0.1, 0.15) is 57.4 Å². The summed E-state index contributed by atoms with van der Waals surface area (Å²) in [5.41, 5.74) is 1.36. The molecule has 0 aromatic carbocycles. The first-order chi connectivity index (χ1) is 9.85. The Bertz CT molecular complexity index is 394. The first kappa shape index (κ1) is 15.3. The minimum Gasteiger partial charge on any atom is -0.492 e. The Kier molecular flexibility index (Phi) is 6.31. The SMILES string of the molecule is CCCNCC1CCCCC1c1cncc(OCC)c1. The van der Waals surface area contributed by atoms with E-state index in [1.54, 1.807) is 0 Å². The Morgan fingerprint density at radius 3 is 2.90 bits per heavy atom. The van der Waals surface area contributed by atoms with Crippen LogP contribution in [-0.4, -0.2) is 24.7 Å². The summed E-state index contributed by atoms with van der Waals surface area (Å²) in [4.78, 5) is 4.36. The molecule has 0 spiro atoms. The number of hydrogen-bond acceptors (Lipinski definition) is 3. The highest BCUT2D eigenvalue weighted by molar-refractivity contribution is 5.27. The van der Waals surface area contributed by atoms with Crippen molar-refractivity contribution in [1.82, 2.24) is 10.3 Å². The molecule has 1 aromatic rings. The normalized spacial score (nSPS) is 22.7. The van der Waals surface area contributed by atoms with E-state index in [9.17, 15) is 0 Å². The molecule has 0 radical (unpaired) electrons. The Morgan fingerprint density at radius 2 is 2.10 bits per heavy atom. The summed E-state index contributed by atoms with van der Waals surface area (Å²) in [6, 6.07) is 2.19. The van der Waals surface area contributed by atoms with Gasteiger partial charge >= 0.3 is 0 Å². The molecular formula is C17H28N2O. The van der Waals surface area contributed by atoms with E-state index in [0.29, 0.717) is 12.5 Å². The Hall–Kier alpha value is -1.09. The summed E-state index contributed by atoms with van der Waals surface area (Å²) < 4.78 is 5.59. The smallest absolute Gasteiger partial charge is 0.137 e. The molecule has 0 aliphatic heterocycles. The molecule has 1 aliphatic carbocycles. The molecule has 1 heterocycles. The topological polar surface area (TPSA) is 34.2 Å². The molecular weight excluding hydrogens is 248 g/mol. The fraction of sp³-hybridized carbons (Fsp3) is 0.706. The molecule has 1 aromatic heterocycles. The predicted molar refractivity (Wildman–Crippen MR) is 83.3 cm³/mol. The van der Waals surface area contributed by atoms with Gasteiger partial charge in [-0.15, -0.1) is 0 Å². The second kappa shape index (κ2) is 8.25. The average molecular weight is 276 g/mol. The number of ether oxygens (including phenoxy) is 1. The highest BCUT2D eigenvalue weighted by Crippen LogP contribution is 2.38. The van der Waals surface area contributed by atoms with Gasteiger partial charge in [-0.3, -0.25) is 4.98 Å². The maximum Gasteiger partial charge on any atom is 0.137 e. The molecule has 0 saturated heterocycles. The van der Waals surface area contributed by atoms with Crippen LogP contribution in [0.5, 0.6) is 5.75 Å². The minimum atomic E-state index is 0.640. The predicted octanol–water partition coefficient (Wildman–Crippen LogP) is 3.75. The molecule has 0 bridgehead atoms. The highest BCUT2D eigenvalue weighted by atomic mass is 16.5. The van der Waals surface area contributed by atoms with Crippen molar-refractivity contribution in [3.63, 3.8) is 0 Å². The van der Waals surface area contributed by atoms with Crippen LogP contribution < -0.4 is 10.1 Å². The van der Waals surface area contributed by atoms with E-state index in [1.165, 1.54) is 37.7 Å². The van der Waals surface area contributed by atoms with E-state index in [2.05, 4.69) is 23.3 Å². The maximum atomic E-state index is 5.59. The van der Waals surface area contributed by atoms with Gasteiger partial charge in [0, 0.05) is 6.20 Å². The number of pyridine rings is 1. The Balaban J connectivity index is 2.04. The molecule has 1 saturated carbocycles. The fourth-order valence-electron chi connectivity index (χ4n) is 3.24. The van der Waals surface area contributed by atoms with Crippen LogP contribution in [0.4, 0.5) is 0 Å². The van der Waals surface area contributed by atoms with Crippen molar-refractivity contribution in [3.8, 4) is 5.75 Å². The van der Waals surface area contributed by atoms with Gasteiger partial charge < -0.3 is 10.1 Å². The molecule has 2 atom stereocenters. The maximum absolute atomic E-state index is 5.59. The van der Waals surface area contributed by atoms with Crippen LogP contribution in [0.25, 0.3) is 0 Å². The number of hydrogen-bond donors (Lipinski definition) is 1. The van der Waals surface area contributed by atoms with Gasteiger partial charge in [0.1, 0.15) is 5.75 Å². The van der Waals surface area contributed by atoms with Gasteiger partial charge in [0.2, 0.25) is 0 Å². The van der Waals surface area contributed by atoms with Crippen molar-refractivity contribution in [2.75, 3.05) is 19.7 Å². The molecule has 0 amide bonds. The van der Waals surface area contributed by atoms with Crippen molar-refractivity contribution in [2.45, 2.75) is 51.9 Å². The average Bonchev–Trinajstić information content (AvgIpc) is 2.49. The lowest BCUT2D eigenvalue weighted by Gasteiger charge is -2.32. The van der Waals surface area contributed by atoms with Gasteiger partial charge in [-0.1, -0.05) is 19.8 Å². The van der Waals surface area contributed by atoms with E-state index in [4.69, 9.17) is 4.74 Å². The van der Waals surface area contributed by atoms with E-state index in [1.807, 2.05) is 19.3 Å². The van der Waals surface area contributed by atoms with Crippen LogP contribution in [0.15, 0.2) is 18.5 Å². The third kappa shape index (κ3) is 4.20. The van der Waals surface area contributed by atoms with Crippen LogP contribution in [0.3, 0.4) is 0 Å². The van der Waals surface area contributed by atoms with Crippen molar-refractivity contribution < 1.29 is 4.74 Å². The molecule has 1 N–H and O–H groups in total. The summed E-state index contributed by atoms with van der Waals surface area (Å²) >= 11 is 0. The van der Waals surface area contributed by atoms with Crippen LogP contribution in [0, 0.1) is 5.92 Å². The summed E-state index contributed by atoms with van der Waals surface area (Å²) in [6.45, 7) is 7.21. The zero-order valence-electron chi connectivity index (χ0n) is 12.9. The first-order valence-electron chi connectivity index (χ1n) is 8.13. The van der Waals surface area contributed by atoms with Crippen LogP contribution >= 0.6 is 0 Å². The van der Waals surface area contributed by atoms with Gasteiger partial charge in [0.25, 0.3) is 0 Å². The van der Waals surface area contributed by atoms with Gasteiger partial charge in [-0.2, -0.15) is 0 Å². The third-order valence-electron chi connectivity index (χ3n) is 4.22. The second-order valence-corrected chi connectivity index (χ2v) is 5.74. The van der Waals surface area contributed by atoms with Gasteiger partial charge in [0.15, 0.2) is 0 Å². The van der Waals surface area contributed by atoms with Crippen molar-refractivity contribution >= 4 is 0 Å². The second-order valence-electron chi connectivity index (χ2n) is 5.74. The minimum absolute atomic E-state index is 0.640. The monoisotopic (exact) mass is 276 g/mol. The number of rotatable bonds is 7.